The van der Waals surface area contributed by atoms with E-state index in [0.717, 1.165) is 21.8 Å². The molecular weight excluding hydrogens is 240 g/mol. The van der Waals surface area contributed by atoms with E-state index in [2.05, 4.69) is 24.8 Å². The standard InChI is InChI=1S/C16H12OS/c18-16-11-13-7-5-4-6-12(13)10-15(16)17-14-8-2-1-3-9-14/h1-11,18H. The molecule has 1 nitrogen and oxygen atoms in total. The Hall–Kier alpha value is -1.93. The smallest absolute Gasteiger partial charge is 0.141 e. The maximum Gasteiger partial charge on any atom is 0.141 e. The zero-order valence-electron chi connectivity index (χ0n) is 9.71. The van der Waals surface area contributed by atoms with Crippen LogP contribution >= 0.6 is 12.6 Å². The molecule has 0 heterocycles. The summed E-state index contributed by atoms with van der Waals surface area (Å²) in [5.74, 6) is 1.60. The van der Waals surface area contributed by atoms with E-state index in [0.29, 0.717) is 0 Å². The topological polar surface area (TPSA) is 9.23 Å². The third-order valence-corrected chi connectivity index (χ3v) is 3.15. The third kappa shape index (κ3) is 2.20. The van der Waals surface area contributed by atoms with Crippen LogP contribution in [0.1, 0.15) is 0 Å². The van der Waals surface area contributed by atoms with Gasteiger partial charge in [0.05, 0.1) is 0 Å². The molecule has 0 aliphatic rings. The number of para-hydroxylation sites is 1. The van der Waals surface area contributed by atoms with Gasteiger partial charge in [-0.1, -0.05) is 42.5 Å². The molecule has 0 unspecified atom stereocenters. The number of rotatable bonds is 2. The van der Waals surface area contributed by atoms with Gasteiger partial charge in [0.2, 0.25) is 0 Å². The van der Waals surface area contributed by atoms with Crippen LogP contribution in [0.5, 0.6) is 11.5 Å². The SMILES string of the molecule is Sc1cc2ccccc2cc1Oc1ccccc1. The molecule has 0 aliphatic carbocycles. The van der Waals surface area contributed by atoms with Crippen LogP contribution in [-0.4, -0.2) is 0 Å². The summed E-state index contributed by atoms with van der Waals surface area (Å²) in [5, 5.41) is 2.32. The highest BCUT2D eigenvalue weighted by molar-refractivity contribution is 7.80. The molecule has 0 aliphatic heterocycles. The maximum absolute atomic E-state index is 5.84. The Balaban J connectivity index is 2.04. The molecule has 0 fully saturated rings. The summed E-state index contributed by atoms with van der Waals surface area (Å²) in [5.41, 5.74) is 0. The van der Waals surface area contributed by atoms with Crippen LogP contribution in [0, 0.1) is 0 Å². The van der Waals surface area contributed by atoms with Crippen molar-refractivity contribution in [2.24, 2.45) is 0 Å². The minimum atomic E-state index is 0.781. The summed E-state index contributed by atoms with van der Waals surface area (Å²) in [4.78, 5) is 0.845. The second kappa shape index (κ2) is 4.75. The maximum atomic E-state index is 5.84. The molecule has 88 valence electrons. The predicted octanol–water partition coefficient (Wildman–Crippen LogP) is 4.92. The summed E-state index contributed by atoms with van der Waals surface area (Å²) in [6.45, 7) is 0. The van der Waals surface area contributed by atoms with Crippen molar-refractivity contribution in [3.05, 3.63) is 66.7 Å². The van der Waals surface area contributed by atoms with Crippen LogP contribution in [0.25, 0.3) is 10.8 Å². The molecule has 18 heavy (non-hydrogen) atoms. The van der Waals surface area contributed by atoms with Crippen molar-refractivity contribution in [1.82, 2.24) is 0 Å². The van der Waals surface area contributed by atoms with Gasteiger partial charge in [-0.2, -0.15) is 0 Å². The first kappa shape index (κ1) is 11.2. The fourth-order valence-corrected chi connectivity index (χ4v) is 2.15. The van der Waals surface area contributed by atoms with Gasteiger partial charge in [-0.25, -0.2) is 0 Å². The molecule has 3 rings (SSSR count). The molecule has 0 N–H and O–H groups in total. The monoisotopic (exact) mass is 252 g/mol. The summed E-state index contributed by atoms with van der Waals surface area (Å²) >= 11 is 4.48. The Kier molecular flexibility index (Phi) is 2.95. The van der Waals surface area contributed by atoms with E-state index < -0.39 is 0 Å². The highest BCUT2D eigenvalue weighted by Crippen LogP contribution is 2.32. The molecule has 0 bridgehead atoms. The van der Waals surface area contributed by atoms with Crippen LogP contribution in [0.3, 0.4) is 0 Å². The largest absolute Gasteiger partial charge is 0.456 e. The number of hydrogen-bond acceptors (Lipinski definition) is 2. The Labute approximate surface area is 111 Å². The van der Waals surface area contributed by atoms with Crippen molar-refractivity contribution in [2.75, 3.05) is 0 Å². The fourth-order valence-electron chi connectivity index (χ4n) is 1.90. The van der Waals surface area contributed by atoms with Crippen molar-refractivity contribution >= 4 is 23.4 Å². The van der Waals surface area contributed by atoms with Crippen molar-refractivity contribution in [3.8, 4) is 11.5 Å². The third-order valence-electron chi connectivity index (χ3n) is 2.80. The second-order valence-corrected chi connectivity index (χ2v) is 4.56. The Bertz CT molecular complexity index is 677. The molecule has 0 saturated carbocycles. The quantitative estimate of drug-likeness (QED) is 0.637. The van der Waals surface area contributed by atoms with Crippen LogP contribution < -0.4 is 4.74 Å². The van der Waals surface area contributed by atoms with Crippen LogP contribution in [0.4, 0.5) is 0 Å². The summed E-state index contributed by atoms with van der Waals surface area (Å²) in [7, 11) is 0. The fraction of sp³-hybridized carbons (Fsp3) is 0. The highest BCUT2D eigenvalue weighted by Gasteiger charge is 2.04. The van der Waals surface area contributed by atoms with Gasteiger partial charge in [0.15, 0.2) is 0 Å². The van der Waals surface area contributed by atoms with E-state index in [4.69, 9.17) is 4.74 Å². The number of thiol groups is 1. The summed E-state index contributed by atoms with van der Waals surface area (Å²) in [6, 6.07) is 22.0. The minimum absolute atomic E-state index is 0.781. The van der Waals surface area contributed by atoms with Crippen molar-refractivity contribution in [1.29, 1.82) is 0 Å². The van der Waals surface area contributed by atoms with Gasteiger partial charge < -0.3 is 4.74 Å². The molecule has 0 atom stereocenters. The second-order valence-electron chi connectivity index (χ2n) is 4.08. The minimum Gasteiger partial charge on any atom is -0.456 e. The lowest BCUT2D eigenvalue weighted by Crippen LogP contribution is -1.86. The summed E-state index contributed by atoms with van der Waals surface area (Å²) in [6.07, 6.45) is 0. The van der Waals surface area contributed by atoms with E-state index in [1.54, 1.807) is 0 Å². The molecule has 3 aromatic rings. The molecule has 0 saturated heterocycles. The van der Waals surface area contributed by atoms with E-state index in [1.807, 2.05) is 54.6 Å². The Morgan fingerprint density at radius 2 is 1.33 bits per heavy atom. The first-order valence-corrected chi connectivity index (χ1v) is 6.22. The van der Waals surface area contributed by atoms with E-state index in [9.17, 15) is 0 Å². The highest BCUT2D eigenvalue weighted by atomic mass is 32.1. The molecular formula is C16H12OS. The van der Waals surface area contributed by atoms with Crippen molar-refractivity contribution in [3.63, 3.8) is 0 Å². The van der Waals surface area contributed by atoms with Crippen molar-refractivity contribution < 1.29 is 4.74 Å². The van der Waals surface area contributed by atoms with Gasteiger partial charge in [-0.3, -0.25) is 0 Å². The Morgan fingerprint density at radius 1 is 0.722 bits per heavy atom. The molecule has 2 heteroatoms. The van der Waals surface area contributed by atoms with Gasteiger partial charge in [0.25, 0.3) is 0 Å². The van der Waals surface area contributed by atoms with E-state index >= 15 is 0 Å². The van der Waals surface area contributed by atoms with Gasteiger partial charge in [-0.05, 0) is 35.0 Å². The summed E-state index contributed by atoms with van der Waals surface area (Å²) < 4.78 is 5.84. The van der Waals surface area contributed by atoms with Gasteiger partial charge >= 0.3 is 0 Å². The van der Waals surface area contributed by atoms with Crippen LogP contribution in [0.2, 0.25) is 0 Å². The molecule has 0 amide bonds. The molecule has 0 spiro atoms. The number of hydrogen-bond donors (Lipinski definition) is 1. The number of ether oxygens (including phenoxy) is 1. The van der Waals surface area contributed by atoms with Crippen LogP contribution in [-0.2, 0) is 0 Å². The molecule has 3 aromatic carbocycles. The average molecular weight is 252 g/mol. The molecule has 0 aromatic heterocycles. The normalized spacial score (nSPS) is 10.5. The van der Waals surface area contributed by atoms with E-state index in [-0.39, 0.29) is 0 Å². The zero-order valence-corrected chi connectivity index (χ0v) is 10.6. The average Bonchev–Trinajstić information content (AvgIpc) is 2.41. The lowest BCUT2D eigenvalue weighted by atomic mass is 10.1. The van der Waals surface area contributed by atoms with E-state index in [1.165, 1.54) is 5.39 Å². The lowest BCUT2D eigenvalue weighted by Gasteiger charge is -2.09. The molecule has 0 radical (unpaired) electrons. The van der Waals surface area contributed by atoms with Gasteiger partial charge in [-0.15, -0.1) is 12.6 Å². The van der Waals surface area contributed by atoms with Gasteiger partial charge in [0, 0.05) is 4.90 Å². The number of benzene rings is 3. The number of fused-ring (bicyclic) bond motifs is 1. The first-order valence-electron chi connectivity index (χ1n) is 5.77. The van der Waals surface area contributed by atoms with Crippen LogP contribution in [0.15, 0.2) is 71.6 Å². The Morgan fingerprint density at radius 3 is 2.06 bits per heavy atom. The van der Waals surface area contributed by atoms with Crippen molar-refractivity contribution in [2.45, 2.75) is 4.90 Å². The predicted molar refractivity (Wildman–Crippen MR) is 77.7 cm³/mol. The first-order chi connectivity index (χ1) is 8.83. The zero-order chi connectivity index (χ0) is 12.4. The lowest BCUT2D eigenvalue weighted by molar-refractivity contribution is 0.472. The van der Waals surface area contributed by atoms with Gasteiger partial charge in [0.1, 0.15) is 11.5 Å².